The predicted octanol–water partition coefficient (Wildman–Crippen LogP) is 2.42. The van der Waals surface area contributed by atoms with E-state index >= 15 is 0 Å². The van der Waals surface area contributed by atoms with Crippen LogP contribution < -0.4 is 0 Å². The number of rotatable bonds is 4. The Morgan fingerprint density at radius 3 is 2.12 bits per heavy atom. The minimum atomic E-state index is -0.347. The molecule has 0 N–H and O–H groups in total. The van der Waals surface area contributed by atoms with E-state index in [1.165, 1.54) is 0 Å². The van der Waals surface area contributed by atoms with Gasteiger partial charge in [-0.2, -0.15) is 0 Å². The van der Waals surface area contributed by atoms with Crippen LogP contribution in [0.4, 0.5) is 0 Å². The molecule has 0 saturated carbocycles. The quantitative estimate of drug-likeness (QED) is 0.561. The first-order chi connectivity index (χ1) is 7.69. The van der Waals surface area contributed by atoms with Crippen LogP contribution in [0.3, 0.4) is 0 Å². The summed E-state index contributed by atoms with van der Waals surface area (Å²) >= 11 is 0. The highest BCUT2D eigenvalue weighted by Crippen LogP contribution is 2.40. The van der Waals surface area contributed by atoms with Crippen molar-refractivity contribution in [2.24, 2.45) is 0 Å². The summed E-state index contributed by atoms with van der Waals surface area (Å²) in [5, 5.41) is 0. The van der Waals surface area contributed by atoms with Crippen molar-refractivity contribution in [3.63, 3.8) is 0 Å². The summed E-state index contributed by atoms with van der Waals surface area (Å²) in [6.07, 6.45) is 0.324. The maximum absolute atomic E-state index is 11.4. The van der Waals surface area contributed by atoms with Crippen molar-refractivity contribution in [3.8, 4) is 0 Å². The van der Waals surface area contributed by atoms with Crippen LogP contribution in [0.1, 0.15) is 48.0 Å². The molecular formula is C12H23BO4. The van der Waals surface area contributed by atoms with Gasteiger partial charge >= 0.3 is 13.1 Å². The Bertz CT molecular complexity index is 272. The lowest BCUT2D eigenvalue weighted by Crippen LogP contribution is -2.41. The summed E-state index contributed by atoms with van der Waals surface area (Å²) in [6, 6.07) is 0. The minimum absolute atomic E-state index is 0.00454. The fraction of sp³-hybridized carbons (Fsp3) is 0.917. The van der Waals surface area contributed by atoms with Gasteiger partial charge in [0.05, 0.1) is 17.8 Å². The molecule has 0 aromatic heterocycles. The van der Waals surface area contributed by atoms with Crippen LogP contribution >= 0.6 is 0 Å². The zero-order chi connectivity index (χ0) is 13.3. The first-order valence-corrected chi connectivity index (χ1v) is 6.21. The lowest BCUT2D eigenvalue weighted by molar-refractivity contribution is -0.143. The third-order valence-electron chi connectivity index (χ3n) is 3.53. The van der Waals surface area contributed by atoms with Crippen LogP contribution in [0.25, 0.3) is 0 Å². The van der Waals surface area contributed by atoms with E-state index < -0.39 is 0 Å². The molecule has 1 rings (SSSR count). The Labute approximate surface area is 104 Å². The fourth-order valence-electron chi connectivity index (χ4n) is 1.70. The van der Waals surface area contributed by atoms with Crippen LogP contribution in [0.2, 0.25) is 5.82 Å². The Kier molecular flexibility index (Phi) is 4.26. The topological polar surface area (TPSA) is 44.8 Å². The smallest absolute Gasteiger partial charge is 0.461 e. The molecule has 0 spiro atoms. The fourth-order valence-corrected chi connectivity index (χ4v) is 1.70. The predicted molar refractivity (Wildman–Crippen MR) is 66.8 cm³/mol. The van der Waals surface area contributed by atoms with E-state index in [0.717, 1.165) is 0 Å². The monoisotopic (exact) mass is 242 g/mol. The molecular weight excluding hydrogens is 219 g/mol. The molecule has 0 amide bonds. The molecule has 17 heavy (non-hydrogen) atoms. The molecule has 0 aromatic carbocycles. The van der Waals surface area contributed by atoms with Gasteiger partial charge in [0.1, 0.15) is 0 Å². The zero-order valence-corrected chi connectivity index (χ0v) is 11.7. The third kappa shape index (κ3) is 3.22. The highest BCUT2D eigenvalue weighted by Gasteiger charge is 2.52. The van der Waals surface area contributed by atoms with Crippen molar-refractivity contribution in [1.29, 1.82) is 0 Å². The van der Waals surface area contributed by atoms with Crippen molar-refractivity contribution < 1.29 is 18.8 Å². The summed E-state index contributed by atoms with van der Waals surface area (Å²) in [5.74, 6) is -0.204. The molecule has 5 heteroatoms. The Balaban J connectivity index is 2.56. The lowest BCUT2D eigenvalue weighted by atomic mass is 9.71. The standard InChI is InChI=1S/C12H23BO4/c1-7-15-10(14)8-9(2)13-16-11(3,4)12(5,6)17-13/h9H,7-8H2,1-6H3/t9-/m0/s1. The van der Waals surface area contributed by atoms with E-state index in [1.807, 2.05) is 34.6 Å². The zero-order valence-electron chi connectivity index (χ0n) is 11.7. The number of hydrogen-bond donors (Lipinski definition) is 0. The maximum atomic E-state index is 11.4. The minimum Gasteiger partial charge on any atom is -0.466 e. The SMILES string of the molecule is CCOC(=O)C[C@H](C)B1OC(C)(C)C(C)(C)O1. The number of esters is 1. The Morgan fingerprint density at radius 1 is 1.24 bits per heavy atom. The number of ether oxygens (including phenoxy) is 1. The van der Waals surface area contributed by atoms with Crippen LogP contribution in [-0.4, -0.2) is 30.9 Å². The van der Waals surface area contributed by atoms with Crippen LogP contribution in [0.5, 0.6) is 0 Å². The van der Waals surface area contributed by atoms with Gasteiger partial charge in [0.2, 0.25) is 0 Å². The Morgan fingerprint density at radius 2 is 1.71 bits per heavy atom. The van der Waals surface area contributed by atoms with E-state index in [1.54, 1.807) is 6.92 Å². The first kappa shape index (κ1) is 14.5. The van der Waals surface area contributed by atoms with Gasteiger partial charge in [-0.05, 0) is 34.6 Å². The summed E-state index contributed by atoms with van der Waals surface area (Å²) in [5.41, 5.74) is -0.693. The van der Waals surface area contributed by atoms with E-state index in [0.29, 0.717) is 13.0 Å². The molecule has 0 aromatic rings. The van der Waals surface area contributed by atoms with Gasteiger partial charge in [-0.1, -0.05) is 6.92 Å². The van der Waals surface area contributed by atoms with Crippen LogP contribution in [0, 0.1) is 0 Å². The van der Waals surface area contributed by atoms with Crippen LogP contribution in [0.15, 0.2) is 0 Å². The molecule has 1 atom stereocenters. The van der Waals surface area contributed by atoms with Gasteiger partial charge in [0.15, 0.2) is 0 Å². The van der Waals surface area contributed by atoms with E-state index in [-0.39, 0.29) is 30.1 Å². The molecule has 1 saturated heterocycles. The highest BCUT2D eigenvalue weighted by molar-refractivity contribution is 6.47. The molecule has 0 radical (unpaired) electrons. The molecule has 0 aliphatic carbocycles. The average molecular weight is 242 g/mol. The van der Waals surface area contributed by atoms with Gasteiger partial charge < -0.3 is 14.0 Å². The number of carbonyl (C=O) groups is 1. The number of hydrogen-bond acceptors (Lipinski definition) is 4. The normalized spacial score (nSPS) is 23.5. The van der Waals surface area contributed by atoms with Gasteiger partial charge in [0, 0.05) is 12.2 Å². The summed E-state index contributed by atoms with van der Waals surface area (Å²) in [6.45, 7) is 12.2. The van der Waals surface area contributed by atoms with Crippen LogP contribution in [-0.2, 0) is 18.8 Å². The van der Waals surface area contributed by atoms with Crippen molar-refractivity contribution in [3.05, 3.63) is 0 Å². The summed E-state index contributed by atoms with van der Waals surface area (Å²) < 4.78 is 16.7. The van der Waals surface area contributed by atoms with E-state index in [9.17, 15) is 4.79 Å². The highest BCUT2D eigenvalue weighted by atomic mass is 16.7. The Hall–Kier alpha value is -0.545. The van der Waals surface area contributed by atoms with E-state index in [2.05, 4.69) is 0 Å². The number of carbonyl (C=O) groups excluding carboxylic acids is 1. The van der Waals surface area contributed by atoms with Gasteiger partial charge in [-0.15, -0.1) is 0 Å². The maximum Gasteiger partial charge on any atom is 0.461 e. The van der Waals surface area contributed by atoms with Crippen molar-refractivity contribution in [1.82, 2.24) is 0 Å². The van der Waals surface area contributed by atoms with Gasteiger partial charge in [-0.25, -0.2) is 0 Å². The van der Waals surface area contributed by atoms with E-state index in [4.69, 9.17) is 14.0 Å². The van der Waals surface area contributed by atoms with Crippen molar-refractivity contribution in [2.75, 3.05) is 6.61 Å². The average Bonchev–Trinajstić information content (AvgIpc) is 2.36. The third-order valence-corrected chi connectivity index (χ3v) is 3.53. The largest absolute Gasteiger partial charge is 0.466 e. The first-order valence-electron chi connectivity index (χ1n) is 6.21. The van der Waals surface area contributed by atoms with Gasteiger partial charge in [0.25, 0.3) is 0 Å². The molecule has 98 valence electrons. The molecule has 1 aliphatic heterocycles. The molecule has 0 bridgehead atoms. The second-order valence-electron chi connectivity index (χ2n) is 5.61. The molecule has 1 fully saturated rings. The molecule has 0 unspecified atom stereocenters. The summed E-state index contributed by atoms with van der Waals surface area (Å²) in [4.78, 5) is 11.4. The lowest BCUT2D eigenvalue weighted by Gasteiger charge is -2.32. The van der Waals surface area contributed by atoms with Crippen molar-refractivity contribution >= 4 is 13.1 Å². The summed E-state index contributed by atoms with van der Waals surface area (Å²) in [7, 11) is -0.343. The molecule has 4 nitrogen and oxygen atoms in total. The molecule has 1 aliphatic rings. The van der Waals surface area contributed by atoms with Crippen molar-refractivity contribution in [2.45, 2.75) is 65.0 Å². The molecule has 1 heterocycles. The second-order valence-corrected chi connectivity index (χ2v) is 5.61. The second kappa shape index (κ2) is 4.98. The van der Waals surface area contributed by atoms with Gasteiger partial charge in [-0.3, -0.25) is 4.79 Å².